The Balaban J connectivity index is 2.99. The Hall–Kier alpha value is -2.54. The first kappa shape index (κ1) is 19.5. The molecule has 0 fully saturated rings. The van der Waals surface area contributed by atoms with Crippen molar-refractivity contribution in [3.63, 3.8) is 0 Å². The molecule has 0 atom stereocenters. The molecule has 0 aliphatic heterocycles. The fraction of sp³-hybridized carbons (Fsp3) is 0.312. The summed E-state index contributed by atoms with van der Waals surface area (Å²) in [5, 5.41) is 6.75. The predicted octanol–water partition coefficient (Wildman–Crippen LogP) is 2.44. The van der Waals surface area contributed by atoms with Gasteiger partial charge in [0, 0.05) is 22.0 Å². The minimum Gasteiger partial charge on any atom is -0.462 e. The maximum absolute atomic E-state index is 12.3. The van der Waals surface area contributed by atoms with Crippen molar-refractivity contribution in [1.82, 2.24) is 0 Å². The van der Waals surface area contributed by atoms with Gasteiger partial charge in [0.15, 0.2) is 0 Å². The van der Waals surface area contributed by atoms with Crippen molar-refractivity contribution in [2.24, 2.45) is 10.9 Å². The van der Waals surface area contributed by atoms with Gasteiger partial charge >= 0.3 is 5.97 Å². The number of ether oxygens (including phenoxy) is 1. The Bertz CT molecular complexity index is 667. The molecule has 0 aliphatic rings. The van der Waals surface area contributed by atoms with E-state index in [0.717, 1.165) is 0 Å². The molecular weight excluding hydrogens is 334 g/mol. The molecule has 0 saturated heterocycles. The first-order chi connectivity index (χ1) is 11.4. The summed E-state index contributed by atoms with van der Waals surface area (Å²) >= 11 is 6.05. The summed E-state index contributed by atoms with van der Waals surface area (Å²) in [5.41, 5.74) is 6.42. The zero-order valence-electron chi connectivity index (χ0n) is 13.8. The summed E-state index contributed by atoms with van der Waals surface area (Å²) in [6.45, 7) is 5.46. The molecule has 1 rings (SSSR count). The second-order valence-corrected chi connectivity index (χ2v) is 5.03. The Morgan fingerprint density at radius 3 is 2.62 bits per heavy atom. The van der Waals surface area contributed by atoms with E-state index in [2.05, 4.69) is 10.5 Å². The van der Waals surface area contributed by atoms with E-state index >= 15 is 0 Å². The molecular formula is C16H20ClN3O4. The molecule has 0 unspecified atom stereocenters. The van der Waals surface area contributed by atoms with Crippen molar-refractivity contribution in [1.29, 1.82) is 0 Å². The highest BCUT2D eigenvalue weighted by Crippen LogP contribution is 2.20. The second-order valence-electron chi connectivity index (χ2n) is 4.62. The van der Waals surface area contributed by atoms with E-state index < -0.39 is 11.9 Å². The van der Waals surface area contributed by atoms with Gasteiger partial charge in [-0.3, -0.25) is 4.79 Å². The summed E-state index contributed by atoms with van der Waals surface area (Å²) in [7, 11) is 0. The lowest BCUT2D eigenvalue weighted by Gasteiger charge is -2.10. The first-order valence-corrected chi connectivity index (χ1v) is 7.68. The van der Waals surface area contributed by atoms with Gasteiger partial charge in [-0.05, 0) is 39.0 Å². The van der Waals surface area contributed by atoms with Gasteiger partial charge in [-0.15, -0.1) is 0 Å². The summed E-state index contributed by atoms with van der Waals surface area (Å²) in [6.07, 6.45) is 1.43. The lowest BCUT2D eigenvalue weighted by molar-refractivity contribution is -0.139. The molecule has 0 saturated carbocycles. The number of amides is 1. The van der Waals surface area contributed by atoms with Crippen molar-refractivity contribution in [2.75, 3.05) is 18.5 Å². The van der Waals surface area contributed by atoms with Crippen LogP contribution >= 0.6 is 11.6 Å². The number of nitrogens with zero attached hydrogens (tertiary/aromatic N) is 1. The molecule has 1 amide bonds. The van der Waals surface area contributed by atoms with Gasteiger partial charge in [0.25, 0.3) is 5.91 Å². The van der Waals surface area contributed by atoms with Crippen molar-refractivity contribution in [3.8, 4) is 0 Å². The van der Waals surface area contributed by atoms with Gasteiger partial charge in [-0.1, -0.05) is 16.8 Å². The monoisotopic (exact) mass is 353 g/mol. The Morgan fingerprint density at radius 1 is 1.33 bits per heavy atom. The molecule has 1 aromatic carbocycles. The summed E-state index contributed by atoms with van der Waals surface area (Å²) in [4.78, 5) is 29.0. The van der Waals surface area contributed by atoms with Gasteiger partial charge in [0.2, 0.25) is 0 Å². The molecule has 0 spiro atoms. The quantitative estimate of drug-likeness (QED) is 0.196. The predicted molar refractivity (Wildman–Crippen MR) is 92.8 cm³/mol. The van der Waals surface area contributed by atoms with Crippen LogP contribution in [0.5, 0.6) is 0 Å². The summed E-state index contributed by atoms with van der Waals surface area (Å²) in [5.74, 6) is -1.44. The van der Waals surface area contributed by atoms with E-state index in [0.29, 0.717) is 22.9 Å². The number of hydrogen-bond acceptors (Lipinski definition) is 6. The largest absolute Gasteiger partial charge is 0.462 e. The maximum Gasteiger partial charge on any atom is 0.345 e. The third kappa shape index (κ3) is 5.58. The Labute approximate surface area is 145 Å². The van der Waals surface area contributed by atoms with Gasteiger partial charge in [-0.2, -0.15) is 0 Å². The number of oxime groups is 1. The first-order valence-electron chi connectivity index (χ1n) is 7.30. The number of nitrogens with one attached hydrogen (secondary N) is 1. The SMILES string of the molecule is CCO/N=C/c1cc(NC(=O)/C(C(=O)OCC)=C(/C)N)ccc1Cl. The molecule has 130 valence electrons. The molecule has 7 nitrogen and oxygen atoms in total. The van der Waals surface area contributed by atoms with Crippen molar-refractivity contribution >= 4 is 35.4 Å². The topological polar surface area (TPSA) is 103 Å². The number of allylic oxidation sites excluding steroid dienone is 1. The van der Waals surface area contributed by atoms with Crippen LogP contribution in [0.15, 0.2) is 34.6 Å². The lowest BCUT2D eigenvalue weighted by atomic mass is 10.1. The molecule has 0 aliphatic carbocycles. The highest BCUT2D eigenvalue weighted by Gasteiger charge is 2.22. The molecule has 1 aromatic rings. The van der Waals surface area contributed by atoms with Crippen LogP contribution in [0.2, 0.25) is 5.02 Å². The Morgan fingerprint density at radius 2 is 2.04 bits per heavy atom. The minimum atomic E-state index is -0.776. The maximum atomic E-state index is 12.3. The van der Waals surface area contributed by atoms with Gasteiger partial charge in [-0.25, -0.2) is 4.79 Å². The van der Waals surface area contributed by atoms with Gasteiger partial charge < -0.3 is 20.6 Å². The number of benzene rings is 1. The third-order valence-corrected chi connectivity index (χ3v) is 3.09. The van der Waals surface area contributed by atoms with Crippen LogP contribution in [-0.2, 0) is 19.2 Å². The van der Waals surface area contributed by atoms with Crippen LogP contribution < -0.4 is 11.1 Å². The smallest absolute Gasteiger partial charge is 0.345 e. The Kier molecular flexibility index (Phi) is 7.77. The van der Waals surface area contributed by atoms with Gasteiger partial charge in [0.05, 0.1) is 12.8 Å². The molecule has 8 heteroatoms. The van der Waals surface area contributed by atoms with Crippen molar-refractivity contribution in [3.05, 3.63) is 40.1 Å². The molecule has 0 bridgehead atoms. The number of carbonyl (C=O) groups is 2. The number of esters is 1. The average Bonchev–Trinajstić information content (AvgIpc) is 2.50. The average molecular weight is 354 g/mol. The van der Waals surface area contributed by atoms with Crippen LogP contribution in [0.1, 0.15) is 26.3 Å². The zero-order chi connectivity index (χ0) is 18.1. The van der Waals surface area contributed by atoms with Crippen LogP contribution in [0.25, 0.3) is 0 Å². The summed E-state index contributed by atoms with van der Waals surface area (Å²) < 4.78 is 4.84. The number of hydrogen-bond donors (Lipinski definition) is 2. The fourth-order valence-electron chi connectivity index (χ4n) is 1.72. The standard InChI is InChI=1S/C16H20ClN3O4/c1-4-23-16(22)14(10(3)18)15(21)20-12-6-7-13(17)11(8-12)9-19-24-5-2/h6-9H,4-5,18H2,1-3H3,(H,20,21)/b14-10+,19-9+. The van der Waals surface area contributed by atoms with Crippen molar-refractivity contribution < 1.29 is 19.2 Å². The number of halogens is 1. The molecule has 3 N–H and O–H groups in total. The second kappa shape index (κ2) is 9.57. The third-order valence-electron chi connectivity index (χ3n) is 2.75. The van der Waals surface area contributed by atoms with Gasteiger partial charge in [0.1, 0.15) is 12.2 Å². The van der Waals surface area contributed by atoms with Crippen LogP contribution in [0.4, 0.5) is 5.69 Å². The van der Waals surface area contributed by atoms with Crippen molar-refractivity contribution in [2.45, 2.75) is 20.8 Å². The highest BCUT2D eigenvalue weighted by molar-refractivity contribution is 6.33. The fourth-order valence-corrected chi connectivity index (χ4v) is 1.88. The van der Waals surface area contributed by atoms with E-state index in [-0.39, 0.29) is 17.9 Å². The van der Waals surface area contributed by atoms with E-state index in [1.807, 2.05) is 0 Å². The minimum absolute atomic E-state index is 0.0676. The highest BCUT2D eigenvalue weighted by atomic mass is 35.5. The normalized spacial score (nSPS) is 11.8. The van der Waals surface area contributed by atoms with Crippen LogP contribution in [0, 0.1) is 0 Å². The number of nitrogens with two attached hydrogens (primary N) is 1. The number of carbonyl (C=O) groups excluding carboxylic acids is 2. The van der Waals surface area contributed by atoms with E-state index in [1.54, 1.807) is 32.0 Å². The molecule has 0 radical (unpaired) electrons. The molecule has 0 aromatic heterocycles. The van der Waals surface area contributed by atoms with E-state index in [9.17, 15) is 9.59 Å². The van der Waals surface area contributed by atoms with Crippen LogP contribution in [0.3, 0.4) is 0 Å². The zero-order valence-corrected chi connectivity index (χ0v) is 14.5. The van der Waals surface area contributed by atoms with E-state index in [4.69, 9.17) is 26.9 Å². The molecule has 24 heavy (non-hydrogen) atoms. The summed E-state index contributed by atoms with van der Waals surface area (Å²) in [6, 6.07) is 4.78. The van der Waals surface area contributed by atoms with E-state index in [1.165, 1.54) is 13.1 Å². The number of rotatable bonds is 7. The molecule has 0 heterocycles. The number of anilines is 1. The lowest BCUT2D eigenvalue weighted by Crippen LogP contribution is -2.25. The van der Waals surface area contributed by atoms with Crippen LogP contribution in [-0.4, -0.2) is 31.3 Å².